The van der Waals surface area contributed by atoms with E-state index in [2.05, 4.69) is 36.4 Å². The molecule has 2 nitrogen and oxygen atoms in total. The minimum atomic E-state index is 0.149. The molecule has 0 aromatic heterocycles. The number of aliphatic hydroxyl groups excluding tert-OH is 1. The Kier molecular flexibility index (Phi) is 5.25. The lowest BCUT2D eigenvalue weighted by molar-refractivity contribution is 0.0688. The first-order valence-electron chi connectivity index (χ1n) is 7.01. The Bertz CT molecular complexity index is 549. The van der Waals surface area contributed by atoms with Crippen LogP contribution in [-0.2, 0) is 11.3 Å². The van der Waals surface area contributed by atoms with Crippen LogP contribution in [0.3, 0.4) is 0 Å². The van der Waals surface area contributed by atoms with E-state index in [-0.39, 0.29) is 12.5 Å². The number of hydrogen-bond donors (Lipinski definition) is 1. The molecular weight excluding hydrogens is 300 g/mol. The van der Waals surface area contributed by atoms with E-state index in [0.29, 0.717) is 17.8 Å². The Morgan fingerprint density at radius 3 is 2.19 bits per heavy atom. The van der Waals surface area contributed by atoms with Gasteiger partial charge < -0.3 is 9.84 Å². The highest BCUT2D eigenvalue weighted by atomic mass is 32.2. The summed E-state index contributed by atoms with van der Waals surface area (Å²) in [5.74, 6) is 0.149. The molecule has 0 radical (unpaired) electrons. The summed E-state index contributed by atoms with van der Waals surface area (Å²) < 4.78 is 6.13. The summed E-state index contributed by atoms with van der Waals surface area (Å²) in [4.78, 5) is 2.63. The van der Waals surface area contributed by atoms with Crippen molar-refractivity contribution in [3.63, 3.8) is 0 Å². The van der Waals surface area contributed by atoms with Crippen LogP contribution in [0.15, 0.2) is 64.4 Å². The lowest BCUT2D eigenvalue weighted by Crippen LogP contribution is -2.22. The number of hydrogen-bond acceptors (Lipinski definition) is 4. The fourth-order valence-electron chi connectivity index (χ4n) is 2.23. The van der Waals surface area contributed by atoms with Crippen molar-refractivity contribution in [3.8, 4) is 0 Å². The van der Waals surface area contributed by atoms with Crippen LogP contribution in [0.2, 0.25) is 0 Å². The first-order chi connectivity index (χ1) is 10.4. The summed E-state index contributed by atoms with van der Waals surface area (Å²) in [6.07, 6.45) is 0. The number of benzene rings is 2. The molecule has 110 valence electrons. The molecule has 1 aliphatic rings. The summed E-state index contributed by atoms with van der Waals surface area (Å²) in [7, 11) is 0. The Morgan fingerprint density at radius 1 is 0.952 bits per heavy atom. The predicted molar refractivity (Wildman–Crippen MR) is 88.6 cm³/mol. The molecule has 0 saturated carbocycles. The quantitative estimate of drug-likeness (QED) is 0.870. The fourth-order valence-corrected chi connectivity index (χ4v) is 5.23. The normalized spacial score (nSPS) is 15.9. The van der Waals surface area contributed by atoms with Crippen molar-refractivity contribution in [2.75, 3.05) is 13.2 Å². The Morgan fingerprint density at radius 2 is 1.57 bits per heavy atom. The van der Waals surface area contributed by atoms with E-state index in [1.807, 2.05) is 41.7 Å². The maximum atomic E-state index is 9.66. The summed E-state index contributed by atoms with van der Waals surface area (Å²) >= 11 is 3.68. The zero-order valence-corrected chi connectivity index (χ0v) is 13.3. The van der Waals surface area contributed by atoms with E-state index in [1.165, 1.54) is 15.4 Å². The average Bonchev–Trinajstić information content (AvgIpc) is 2.96. The zero-order chi connectivity index (χ0) is 14.5. The molecule has 1 atom stereocenters. The van der Waals surface area contributed by atoms with Gasteiger partial charge in [-0.1, -0.05) is 42.5 Å². The van der Waals surface area contributed by atoms with Gasteiger partial charge in [-0.15, -0.1) is 23.5 Å². The van der Waals surface area contributed by atoms with E-state index in [1.54, 1.807) is 0 Å². The van der Waals surface area contributed by atoms with Crippen molar-refractivity contribution >= 4 is 23.5 Å². The standard InChI is InChI=1S/C17H18O2S2/c18-10-14(12-19-11-13-6-2-1-3-7-13)17-20-15-8-4-5-9-16(15)21-17/h1-9,14,17-18H,10-12H2. The van der Waals surface area contributed by atoms with Gasteiger partial charge in [-0.3, -0.25) is 0 Å². The first-order valence-corrected chi connectivity index (χ1v) is 8.77. The largest absolute Gasteiger partial charge is 0.396 e. The Balaban J connectivity index is 1.52. The van der Waals surface area contributed by atoms with Crippen LogP contribution in [0.1, 0.15) is 5.56 Å². The highest BCUT2D eigenvalue weighted by molar-refractivity contribution is 8.19. The van der Waals surface area contributed by atoms with E-state index in [4.69, 9.17) is 4.74 Å². The minimum absolute atomic E-state index is 0.149. The maximum absolute atomic E-state index is 9.66. The second-order valence-electron chi connectivity index (χ2n) is 4.99. The summed E-state index contributed by atoms with van der Waals surface area (Å²) in [5.41, 5.74) is 1.17. The number of ether oxygens (including phenoxy) is 1. The molecule has 0 bridgehead atoms. The highest BCUT2D eigenvalue weighted by Crippen LogP contribution is 2.50. The minimum Gasteiger partial charge on any atom is -0.396 e. The van der Waals surface area contributed by atoms with E-state index in [0.717, 1.165) is 0 Å². The molecule has 0 amide bonds. The second kappa shape index (κ2) is 7.36. The van der Waals surface area contributed by atoms with Gasteiger partial charge in [-0.05, 0) is 17.7 Å². The first kappa shape index (κ1) is 15.0. The van der Waals surface area contributed by atoms with Gasteiger partial charge in [-0.25, -0.2) is 0 Å². The number of aliphatic hydroxyl groups is 1. The summed E-state index contributed by atoms with van der Waals surface area (Å²) in [6, 6.07) is 18.6. The molecule has 0 saturated heterocycles. The van der Waals surface area contributed by atoms with Crippen molar-refractivity contribution in [3.05, 3.63) is 60.2 Å². The number of fused-ring (bicyclic) bond motifs is 1. The van der Waals surface area contributed by atoms with E-state index in [9.17, 15) is 5.11 Å². The van der Waals surface area contributed by atoms with Crippen LogP contribution in [0.25, 0.3) is 0 Å². The third-order valence-electron chi connectivity index (χ3n) is 3.40. The van der Waals surface area contributed by atoms with Crippen molar-refractivity contribution in [1.82, 2.24) is 0 Å². The maximum Gasteiger partial charge on any atom is 0.0717 e. The van der Waals surface area contributed by atoms with Crippen molar-refractivity contribution < 1.29 is 9.84 Å². The van der Waals surface area contributed by atoms with Crippen LogP contribution in [0.5, 0.6) is 0 Å². The molecule has 1 aliphatic heterocycles. The fraction of sp³-hybridized carbons (Fsp3) is 0.294. The van der Waals surface area contributed by atoms with Gasteiger partial charge in [-0.2, -0.15) is 0 Å². The van der Waals surface area contributed by atoms with Gasteiger partial charge in [0.05, 0.1) is 17.8 Å². The van der Waals surface area contributed by atoms with Crippen LogP contribution >= 0.6 is 23.5 Å². The Hall–Kier alpha value is -0.940. The van der Waals surface area contributed by atoms with Crippen LogP contribution in [0, 0.1) is 5.92 Å². The van der Waals surface area contributed by atoms with Crippen LogP contribution in [-0.4, -0.2) is 22.9 Å². The van der Waals surface area contributed by atoms with Crippen molar-refractivity contribution in [2.24, 2.45) is 5.92 Å². The average molecular weight is 318 g/mol. The number of rotatable bonds is 6. The van der Waals surface area contributed by atoms with Gasteiger partial charge in [0.15, 0.2) is 0 Å². The van der Waals surface area contributed by atoms with Gasteiger partial charge >= 0.3 is 0 Å². The molecule has 1 unspecified atom stereocenters. The number of thioether (sulfide) groups is 2. The van der Waals surface area contributed by atoms with Crippen molar-refractivity contribution in [2.45, 2.75) is 21.0 Å². The molecule has 0 fully saturated rings. The van der Waals surface area contributed by atoms with Crippen molar-refractivity contribution in [1.29, 1.82) is 0 Å². The molecule has 21 heavy (non-hydrogen) atoms. The molecule has 1 heterocycles. The predicted octanol–water partition coefficient (Wildman–Crippen LogP) is 4.04. The lowest BCUT2D eigenvalue weighted by atomic mass is 10.2. The van der Waals surface area contributed by atoms with Gasteiger partial charge in [0.2, 0.25) is 0 Å². The topological polar surface area (TPSA) is 29.5 Å². The monoisotopic (exact) mass is 318 g/mol. The van der Waals surface area contributed by atoms with Gasteiger partial charge in [0.25, 0.3) is 0 Å². The molecular formula is C17H18O2S2. The highest BCUT2D eigenvalue weighted by Gasteiger charge is 2.29. The van der Waals surface area contributed by atoms with Crippen LogP contribution in [0.4, 0.5) is 0 Å². The molecule has 4 heteroatoms. The SMILES string of the molecule is OCC(COCc1ccccc1)C1Sc2ccccc2S1. The third-order valence-corrected chi connectivity index (χ3v) is 6.56. The molecule has 2 aromatic rings. The zero-order valence-electron chi connectivity index (χ0n) is 11.6. The molecule has 0 spiro atoms. The smallest absolute Gasteiger partial charge is 0.0717 e. The molecule has 1 N–H and O–H groups in total. The summed E-state index contributed by atoms with van der Waals surface area (Å²) in [5, 5.41) is 9.66. The second-order valence-corrected chi connectivity index (χ2v) is 7.66. The van der Waals surface area contributed by atoms with Gasteiger partial charge in [0.1, 0.15) is 0 Å². The molecule has 0 aliphatic carbocycles. The van der Waals surface area contributed by atoms with E-state index >= 15 is 0 Å². The van der Waals surface area contributed by atoms with E-state index < -0.39 is 0 Å². The summed E-state index contributed by atoms with van der Waals surface area (Å²) in [6.45, 7) is 1.35. The molecule has 3 rings (SSSR count). The Labute approximate surface area is 133 Å². The van der Waals surface area contributed by atoms with Crippen LogP contribution < -0.4 is 0 Å². The molecule has 2 aromatic carbocycles. The lowest BCUT2D eigenvalue weighted by Gasteiger charge is -2.19. The third kappa shape index (κ3) is 3.83. The van der Waals surface area contributed by atoms with Gasteiger partial charge in [0, 0.05) is 22.3 Å².